The Morgan fingerprint density at radius 1 is 0.426 bits per heavy atom. The Morgan fingerprint density at radius 2 is 0.820 bits per heavy atom. The Balaban J connectivity index is 0.000000144. The quantitative estimate of drug-likeness (QED) is 0.251. The van der Waals surface area contributed by atoms with Crippen LogP contribution in [0.5, 0.6) is 0 Å². The highest BCUT2D eigenvalue weighted by Gasteiger charge is 2.71. The van der Waals surface area contributed by atoms with E-state index >= 15 is 0 Å². The van der Waals surface area contributed by atoms with E-state index in [1.807, 2.05) is 0 Å². The largest absolute Gasteiger partial charge is 0.412 e. The third-order valence-corrected chi connectivity index (χ3v) is 23.8. The van der Waals surface area contributed by atoms with E-state index in [0.717, 1.165) is 99.1 Å². The van der Waals surface area contributed by atoms with Crippen molar-refractivity contribution in [2.24, 2.45) is 105 Å². The average molecular weight is 851 g/mol. The lowest BCUT2D eigenvalue weighted by Crippen LogP contribution is -2.55. The van der Waals surface area contributed by atoms with Crippen LogP contribution >= 0.6 is 0 Å². The van der Waals surface area contributed by atoms with Crippen LogP contribution in [0, 0.1) is 105 Å². The molecule has 12 rings (SSSR count). The number of hydrogen-bond donors (Lipinski definition) is 2. The number of aliphatic hydroxyl groups is 2. The molecule has 0 bridgehead atoms. The van der Waals surface area contributed by atoms with Crippen LogP contribution in [0.2, 0.25) is 0 Å². The fourth-order valence-corrected chi connectivity index (χ4v) is 20.5. The molecular formula is C54H90O7. The molecule has 24 atom stereocenters. The number of ether oxygens (including phenoxy) is 4. The van der Waals surface area contributed by atoms with Crippen LogP contribution in [-0.2, 0) is 18.9 Å². The lowest BCUT2D eigenvalue weighted by Gasteiger charge is -2.61. The summed E-state index contributed by atoms with van der Waals surface area (Å²) in [5.74, 6) is 9.87. The molecule has 0 radical (unpaired) electrons. The lowest BCUT2D eigenvalue weighted by molar-refractivity contribution is -0.273. The van der Waals surface area contributed by atoms with Gasteiger partial charge in [0, 0.05) is 24.7 Å². The van der Waals surface area contributed by atoms with Crippen molar-refractivity contribution < 1.29 is 34.6 Å². The average Bonchev–Trinajstić information content (AvgIpc) is 3.87. The predicted molar refractivity (Wildman–Crippen MR) is 239 cm³/mol. The first-order chi connectivity index (χ1) is 28.5. The first-order valence-electron chi connectivity index (χ1n) is 26.5. The van der Waals surface area contributed by atoms with Crippen molar-refractivity contribution in [2.45, 2.75) is 220 Å². The molecule has 2 spiro atoms. The zero-order chi connectivity index (χ0) is 41.8. The Kier molecular flexibility index (Phi) is 11.2. The fraction of sp³-hybridized carbons (Fsp3) is 1.00. The molecule has 8 aliphatic carbocycles. The summed E-state index contributed by atoms with van der Waals surface area (Å²) >= 11 is 0. The van der Waals surface area contributed by atoms with Crippen LogP contribution in [0.1, 0.15) is 184 Å². The van der Waals surface area contributed by atoms with Crippen molar-refractivity contribution in [2.75, 3.05) is 13.2 Å². The molecule has 8 saturated carbocycles. The zero-order valence-electron chi connectivity index (χ0n) is 40.0. The fourth-order valence-electron chi connectivity index (χ4n) is 20.5. The molecule has 4 N–H and O–H groups in total. The van der Waals surface area contributed by atoms with Gasteiger partial charge in [-0.2, -0.15) is 0 Å². The third-order valence-electron chi connectivity index (χ3n) is 23.8. The summed E-state index contributed by atoms with van der Waals surface area (Å²) in [6, 6.07) is 0. The van der Waals surface area contributed by atoms with E-state index in [2.05, 4.69) is 55.4 Å². The van der Waals surface area contributed by atoms with Gasteiger partial charge in [0.15, 0.2) is 11.6 Å². The Labute approximate surface area is 371 Å². The Hall–Kier alpha value is -0.280. The third kappa shape index (κ3) is 6.44. The van der Waals surface area contributed by atoms with Gasteiger partial charge in [0.05, 0.1) is 37.6 Å². The standard InChI is InChI=1S/2C27H44O3.H2O/c2*1-16-7-12-27(29-15-16)17(2)24-23(30-27)14-22-20-6-5-18-13-19(28)8-10-25(18,3)21(20)9-11-26(22,24)4;/h2*16-24,28H,5-15H2,1-4H3;1H2/t2*16-,17-,18+,19-,20+,21-,22-,23-,24-,25-,26-,27+;/m00./s1. The second-order valence-electron chi connectivity index (χ2n) is 26.2. The van der Waals surface area contributed by atoms with Crippen LogP contribution in [0.4, 0.5) is 0 Å². The molecule has 4 saturated heterocycles. The van der Waals surface area contributed by atoms with Crippen LogP contribution < -0.4 is 0 Å². The molecule has 348 valence electrons. The van der Waals surface area contributed by atoms with Gasteiger partial charge in [0.1, 0.15) is 0 Å². The minimum absolute atomic E-state index is 0. The van der Waals surface area contributed by atoms with Gasteiger partial charge in [0.2, 0.25) is 0 Å². The van der Waals surface area contributed by atoms with Crippen LogP contribution in [0.15, 0.2) is 0 Å². The summed E-state index contributed by atoms with van der Waals surface area (Å²) < 4.78 is 26.7. The van der Waals surface area contributed by atoms with Crippen molar-refractivity contribution >= 4 is 0 Å². The molecule has 61 heavy (non-hydrogen) atoms. The van der Waals surface area contributed by atoms with Gasteiger partial charge >= 0.3 is 0 Å². The number of rotatable bonds is 0. The number of hydrogen-bond acceptors (Lipinski definition) is 6. The van der Waals surface area contributed by atoms with Crippen molar-refractivity contribution in [3.8, 4) is 0 Å². The highest BCUT2D eigenvalue weighted by atomic mass is 16.7. The maximum atomic E-state index is 10.3. The minimum Gasteiger partial charge on any atom is -0.412 e. The molecule has 0 aromatic heterocycles. The van der Waals surface area contributed by atoms with Crippen molar-refractivity contribution in [1.29, 1.82) is 0 Å². The summed E-state index contributed by atoms with van der Waals surface area (Å²) in [6.45, 7) is 21.8. The van der Waals surface area contributed by atoms with Gasteiger partial charge in [-0.25, -0.2) is 0 Å². The van der Waals surface area contributed by atoms with E-state index < -0.39 is 0 Å². The summed E-state index contributed by atoms with van der Waals surface area (Å²) in [5.41, 5.74) is 1.80. The molecular weight excluding hydrogens is 761 g/mol. The maximum Gasteiger partial charge on any atom is 0.171 e. The predicted octanol–water partition coefficient (Wildman–Crippen LogP) is 10.8. The van der Waals surface area contributed by atoms with E-state index in [0.29, 0.717) is 69.4 Å². The topological polar surface area (TPSA) is 109 Å². The molecule has 12 fully saturated rings. The summed E-state index contributed by atoms with van der Waals surface area (Å²) in [6.07, 6.45) is 25.7. The molecule has 4 aliphatic heterocycles. The van der Waals surface area contributed by atoms with Gasteiger partial charge in [-0.3, -0.25) is 0 Å². The highest BCUT2D eigenvalue weighted by molar-refractivity contribution is 5.17. The van der Waals surface area contributed by atoms with Gasteiger partial charge in [0.25, 0.3) is 0 Å². The Bertz CT molecular complexity index is 1490. The molecule has 0 aromatic carbocycles. The van der Waals surface area contributed by atoms with Crippen molar-refractivity contribution in [3.63, 3.8) is 0 Å². The molecule has 7 heteroatoms. The molecule has 0 amide bonds. The first-order valence-corrected chi connectivity index (χ1v) is 26.5. The molecule has 7 nitrogen and oxygen atoms in total. The highest BCUT2D eigenvalue weighted by Crippen LogP contribution is 2.73. The van der Waals surface area contributed by atoms with E-state index in [4.69, 9.17) is 18.9 Å². The van der Waals surface area contributed by atoms with E-state index in [1.54, 1.807) is 0 Å². The van der Waals surface area contributed by atoms with E-state index in [9.17, 15) is 10.2 Å². The zero-order valence-corrected chi connectivity index (χ0v) is 40.0. The van der Waals surface area contributed by atoms with E-state index in [1.165, 1.54) is 89.9 Å². The maximum absolute atomic E-state index is 10.3. The van der Waals surface area contributed by atoms with Crippen LogP contribution in [0.3, 0.4) is 0 Å². The van der Waals surface area contributed by atoms with Gasteiger partial charge in [-0.15, -0.1) is 0 Å². The second-order valence-corrected chi connectivity index (χ2v) is 26.2. The monoisotopic (exact) mass is 851 g/mol. The summed E-state index contributed by atoms with van der Waals surface area (Å²) in [4.78, 5) is 0. The van der Waals surface area contributed by atoms with Crippen molar-refractivity contribution in [1.82, 2.24) is 0 Å². The smallest absolute Gasteiger partial charge is 0.171 e. The van der Waals surface area contributed by atoms with Crippen molar-refractivity contribution in [3.05, 3.63) is 0 Å². The summed E-state index contributed by atoms with van der Waals surface area (Å²) in [5, 5.41) is 20.6. The number of fused-ring (bicyclic) bond motifs is 14. The van der Waals surface area contributed by atoms with Gasteiger partial charge in [-0.05, 0) is 208 Å². The normalized spacial score (nSPS) is 61.5. The SMILES string of the molecule is C[C@H]1CC[C@@]2(OC1)O[C@H]1C[C@H]3[C@@H]4CC[C@@H]5C[C@@H](O)CC[C@]5(C)[C@H]4CC[C@]3(C)[C@H]1[C@@H]2C.C[C@H]1CC[C@@]2(OC1)O[C@H]1C[C@H]3[C@@H]4CC[C@@H]5C[C@@H](O)CC[C@]5(C)[C@H]4CC[C@]3(C)[C@H]1[C@@H]2C.O. The Morgan fingerprint density at radius 3 is 1.20 bits per heavy atom. The molecule has 12 aliphatic rings. The lowest BCUT2D eigenvalue weighted by atomic mass is 9.44. The number of aliphatic hydroxyl groups excluding tert-OH is 2. The summed E-state index contributed by atoms with van der Waals surface area (Å²) in [7, 11) is 0. The van der Waals surface area contributed by atoms with Gasteiger partial charge < -0.3 is 34.6 Å². The van der Waals surface area contributed by atoms with Gasteiger partial charge in [-0.1, -0.05) is 55.4 Å². The molecule has 0 unspecified atom stereocenters. The first kappa shape index (κ1) is 44.6. The van der Waals surface area contributed by atoms with Crippen LogP contribution in [-0.4, -0.2) is 64.9 Å². The minimum atomic E-state index is -0.282. The van der Waals surface area contributed by atoms with Crippen LogP contribution in [0.25, 0.3) is 0 Å². The molecule has 0 aromatic rings. The second kappa shape index (κ2) is 15.4. The van der Waals surface area contributed by atoms with E-state index in [-0.39, 0.29) is 29.3 Å². The molecule has 4 heterocycles.